The Bertz CT molecular complexity index is 597. The average molecular weight is 307 g/mol. The van der Waals surface area contributed by atoms with Gasteiger partial charge in [-0.2, -0.15) is 5.26 Å². The molecule has 0 aliphatic carbocycles. The number of rotatable bonds is 5. The highest BCUT2D eigenvalue weighted by Gasteiger charge is 2.27. The topological polar surface area (TPSA) is 73.2 Å². The van der Waals surface area contributed by atoms with Gasteiger partial charge in [-0.05, 0) is 50.0 Å². The molecule has 2 rings (SSSR count). The maximum Gasteiger partial charge on any atom is 0.218 e. The van der Waals surface area contributed by atoms with E-state index in [0.29, 0.717) is 24.6 Å². The third kappa shape index (κ3) is 4.27. The first kappa shape index (κ1) is 16.0. The average Bonchev–Trinajstić information content (AvgIpc) is 2.48. The Hall–Kier alpha value is -1.42. The van der Waals surface area contributed by atoms with Crippen LogP contribution in [-0.4, -0.2) is 39.4 Å². The van der Waals surface area contributed by atoms with Crippen LogP contribution in [0.15, 0.2) is 24.3 Å². The number of hydrogen-bond donors (Lipinski definition) is 1. The van der Waals surface area contributed by atoms with Gasteiger partial charge in [-0.1, -0.05) is 12.1 Å². The summed E-state index contributed by atoms with van der Waals surface area (Å²) in [5, 5.41) is 11.9. The van der Waals surface area contributed by atoms with Gasteiger partial charge in [0.25, 0.3) is 0 Å². The van der Waals surface area contributed by atoms with Crippen molar-refractivity contribution in [3.63, 3.8) is 0 Å². The van der Waals surface area contributed by atoms with E-state index in [1.54, 1.807) is 28.6 Å². The van der Waals surface area contributed by atoms with Gasteiger partial charge in [0.2, 0.25) is 10.0 Å². The van der Waals surface area contributed by atoms with Crippen LogP contribution in [0.25, 0.3) is 0 Å². The fourth-order valence-corrected chi connectivity index (χ4v) is 4.22. The molecule has 0 amide bonds. The minimum Gasteiger partial charge on any atom is -0.319 e. The quantitative estimate of drug-likeness (QED) is 0.890. The van der Waals surface area contributed by atoms with Gasteiger partial charge < -0.3 is 5.32 Å². The van der Waals surface area contributed by atoms with Gasteiger partial charge in [0, 0.05) is 13.1 Å². The van der Waals surface area contributed by atoms with Crippen molar-refractivity contribution < 1.29 is 8.42 Å². The summed E-state index contributed by atoms with van der Waals surface area (Å²) in [6, 6.07) is 8.77. The van der Waals surface area contributed by atoms with Crippen molar-refractivity contribution in [2.45, 2.75) is 18.6 Å². The summed E-state index contributed by atoms with van der Waals surface area (Å²) < 4.78 is 26.4. The van der Waals surface area contributed by atoms with Crippen LogP contribution in [0.3, 0.4) is 0 Å². The molecule has 0 bridgehead atoms. The fraction of sp³-hybridized carbons (Fsp3) is 0.533. The first-order chi connectivity index (χ1) is 10.0. The molecule has 1 N–H and O–H groups in total. The summed E-state index contributed by atoms with van der Waals surface area (Å²) in [5.74, 6) is 0.575. The molecule has 114 valence electrons. The molecule has 0 spiro atoms. The second-order valence-corrected chi connectivity index (χ2v) is 7.43. The number of sulfonamides is 1. The molecule has 6 heteroatoms. The Morgan fingerprint density at radius 2 is 1.90 bits per heavy atom. The second kappa shape index (κ2) is 7.03. The van der Waals surface area contributed by atoms with Crippen molar-refractivity contribution in [1.82, 2.24) is 9.62 Å². The van der Waals surface area contributed by atoms with E-state index in [1.165, 1.54) is 0 Å². The number of nitrogens with zero attached hydrogens (tertiary/aromatic N) is 2. The molecular weight excluding hydrogens is 286 g/mol. The van der Waals surface area contributed by atoms with E-state index in [4.69, 9.17) is 5.26 Å². The molecule has 1 aromatic carbocycles. The predicted molar refractivity (Wildman–Crippen MR) is 82.0 cm³/mol. The van der Waals surface area contributed by atoms with Crippen LogP contribution in [0.1, 0.15) is 24.0 Å². The first-order valence-electron chi connectivity index (χ1n) is 7.16. The lowest BCUT2D eigenvalue weighted by Crippen LogP contribution is -2.40. The van der Waals surface area contributed by atoms with Crippen molar-refractivity contribution in [2.24, 2.45) is 5.92 Å². The summed E-state index contributed by atoms with van der Waals surface area (Å²) in [7, 11) is -1.34. The van der Waals surface area contributed by atoms with E-state index >= 15 is 0 Å². The zero-order valence-electron chi connectivity index (χ0n) is 12.2. The minimum absolute atomic E-state index is 0.00933. The largest absolute Gasteiger partial charge is 0.319 e. The third-order valence-corrected chi connectivity index (χ3v) is 5.74. The standard InChI is InChI=1S/C15H21N3O2S/c1-17-11-14-6-8-18(9-7-14)21(19,20)12-15-4-2-13(10-16)3-5-15/h2-5,14,17H,6-9,11-12H2,1H3. The van der Waals surface area contributed by atoms with Gasteiger partial charge in [-0.15, -0.1) is 0 Å². The maximum atomic E-state index is 12.4. The van der Waals surface area contributed by atoms with E-state index in [9.17, 15) is 8.42 Å². The lowest BCUT2D eigenvalue weighted by atomic mass is 9.98. The van der Waals surface area contributed by atoms with Crippen molar-refractivity contribution in [1.29, 1.82) is 5.26 Å². The lowest BCUT2D eigenvalue weighted by Gasteiger charge is -2.31. The molecule has 0 unspecified atom stereocenters. The summed E-state index contributed by atoms with van der Waals surface area (Å²) in [6.07, 6.45) is 1.82. The lowest BCUT2D eigenvalue weighted by molar-refractivity contribution is 0.270. The van der Waals surface area contributed by atoms with Crippen molar-refractivity contribution >= 4 is 10.0 Å². The Morgan fingerprint density at radius 3 is 2.43 bits per heavy atom. The van der Waals surface area contributed by atoms with Crippen molar-refractivity contribution in [3.05, 3.63) is 35.4 Å². The molecule has 1 aromatic rings. The highest BCUT2D eigenvalue weighted by molar-refractivity contribution is 7.88. The fourth-order valence-electron chi connectivity index (χ4n) is 2.66. The van der Waals surface area contributed by atoms with Crippen LogP contribution in [0.5, 0.6) is 0 Å². The van der Waals surface area contributed by atoms with Crippen LogP contribution in [0, 0.1) is 17.2 Å². The van der Waals surface area contributed by atoms with Crippen LogP contribution in [-0.2, 0) is 15.8 Å². The highest BCUT2D eigenvalue weighted by atomic mass is 32.2. The molecule has 1 heterocycles. The number of nitrogens with one attached hydrogen (secondary N) is 1. The third-order valence-electron chi connectivity index (χ3n) is 3.89. The Kier molecular flexibility index (Phi) is 5.34. The Morgan fingerprint density at radius 1 is 1.29 bits per heavy atom. The number of nitriles is 1. The van der Waals surface area contributed by atoms with E-state index in [-0.39, 0.29) is 5.75 Å². The summed E-state index contributed by atoms with van der Waals surface area (Å²) in [6.45, 7) is 2.15. The van der Waals surface area contributed by atoms with Gasteiger partial charge in [-0.25, -0.2) is 12.7 Å². The van der Waals surface area contributed by atoms with Crippen molar-refractivity contribution in [3.8, 4) is 6.07 Å². The molecule has 1 aliphatic rings. The van der Waals surface area contributed by atoms with Gasteiger partial charge in [0.05, 0.1) is 17.4 Å². The van der Waals surface area contributed by atoms with Gasteiger partial charge in [0.15, 0.2) is 0 Å². The normalized spacial score (nSPS) is 17.5. The predicted octanol–water partition coefficient (Wildman–Crippen LogP) is 1.32. The molecule has 1 fully saturated rings. The summed E-state index contributed by atoms with van der Waals surface area (Å²) in [5.41, 5.74) is 1.27. The van der Waals surface area contributed by atoms with E-state index < -0.39 is 10.0 Å². The molecule has 21 heavy (non-hydrogen) atoms. The molecule has 1 aliphatic heterocycles. The smallest absolute Gasteiger partial charge is 0.218 e. The minimum atomic E-state index is -3.26. The zero-order valence-corrected chi connectivity index (χ0v) is 13.1. The Balaban J connectivity index is 1.97. The second-order valence-electron chi connectivity index (χ2n) is 5.47. The maximum absolute atomic E-state index is 12.4. The molecular formula is C15H21N3O2S. The zero-order chi connectivity index (χ0) is 15.3. The SMILES string of the molecule is CNCC1CCN(S(=O)(=O)Cc2ccc(C#N)cc2)CC1. The molecule has 1 saturated heterocycles. The number of benzene rings is 1. The number of piperidine rings is 1. The monoisotopic (exact) mass is 307 g/mol. The van der Waals surface area contributed by atoms with E-state index in [0.717, 1.165) is 24.9 Å². The van der Waals surface area contributed by atoms with Gasteiger partial charge in [0.1, 0.15) is 0 Å². The molecule has 0 atom stereocenters. The summed E-state index contributed by atoms with van der Waals surface area (Å²) in [4.78, 5) is 0. The molecule has 5 nitrogen and oxygen atoms in total. The Labute approximate surface area is 126 Å². The number of hydrogen-bond acceptors (Lipinski definition) is 4. The van der Waals surface area contributed by atoms with Crippen LogP contribution in [0.4, 0.5) is 0 Å². The summed E-state index contributed by atoms with van der Waals surface area (Å²) >= 11 is 0. The van der Waals surface area contributed by atoms with Crippen molar-refractivity contribution in [2.75, 3.05) is 26.7 Å². The van der Waals surface area contributed by atoms with Crippen LogP contribution in [0.2, 0.25) is 0 Å². The first-order valence-corrected chi connectivity index (χ1v) is 8.77. The molecule has 0 radical (unpaired) electrons. The molecule has 0 saturated carbocycles. The van der Waals surface area contributed by atoms with Crippen LogP contribution < -0.4 is 5.32 Å². The van der Waals surface area contributed by atoms with E-state index in [2.05, 4.69) is 5.32 Å². The molecule has 0 aromatic heterocycles. The van der Waals surface area contributed by atoms with Gasteiger partial charge in [-0.3, -0.25) is 0 Å². The van der Waals surface area contributed by atoms with Gasteiger partial charge >= 0.3 is 0 Å². The highest BCUT2D eigenvalue weighted by Crippen LogP contribution is 2.21. The van der Waals surface area contributed by atoms with Crippen LogP contribution >= 0.6 is 0 Å². The van der Waals surface area contributed by atoms with E-state index in [1.807, 2.05) is 13.1 Å².